The molecule has 0 aromatic heterocycles. The van der Waals surface area contributed by atoms with Gasteiger partial charge in [-0.15, -0.1) is 0 Å². The van der Waals surface area contributed by atoms with Crippen LogP contribution in [0.4, 0.5) is 5.69 Å². The minimum absolute atomic E-state index is 0.154. The van der Waals surface area contributed by atoms with Gasteiger partial charge in [-0.05, 0) is 25.1 Å². The molecular weight excluding hydrogens is 292 g/mol. The summed E-state index contributed by atoms with van der Waals surface area (Å²) in [6, 6.07) is 4.78. The van der Waals surface area contributed by atoms with Crippen molar-refractivity contribution in [2.45, 2.75) is 11.8 Å². The predicted octanol–water partition coefficient (Wildman–Crippen LogP) is 0.976. The Kier molecular flexibility index (Phi) is 4.65. The van der Waals surface area contributed by atoms with Crippen LogP contribution in [0.5, 0.6) is 0 Å². The fraction of sp³-hybridized carbons (Fsp3) is 0.500. The Labute approximate surface area is 125 Å². The van der Waals surface area contributed by atoms with Gasteiger partial charge in [0.05, 0.1) is 18.9 Å². The first-order valence-corrected chi connectivity index (χ1v) is 8.18. The molecule has 1 heterocycles. The minimum Gasteiger partial charge on any atom is -0.379 e. The number of carbonyl (C=O) groups is 1. The Bertz CT molecular complexity index is 634. The zero-order valence-electron chi connectivity index (χ0n) is 12.5. The highest BCUT2D eigenvalue weighted by Gasteiger charge is 2.29. The van der Waals surface area contributed by atoms with E-state index in [1.54, 1.807) is 31.1 Å². The van der Waals surface area contributed by atoms with Crippen molar-refractivity contribution in [3.05, 3.63) is 23.8 Å². The first-order valence-electron chi connectivity index (χ1n) is 6.74. The smallest absolute Gasteiger partial charge is 0.245 e. The summed E-state index contributed by atoms with van der Waals surface area (Å²) in [6.45, 7) is 2.88. The summed E-state index contributed by atoms with van der Waals surface area (Å²) in [5.74, 6) is -0.154. The Balaban J connectivity index is 2.53. The quantitative estimate of drug-likeness (QED) is 0.775. The first kappa shape index (κ1) is 15.9. The number of ketones is 1. The summed E-state index contributed by atoms with van der Waals surface area (Å²) in [5.41, 5.74) is 0.971. The van der Waals surface area contributed by atoms with Crippen LogP contribution in [0.25, 0.3) is 0 Å². The standard InChI is InChI=1S/C14H20N2O4S/c1-11(17)12-4-5-13(15(2)3)14(10-12)21(18,19)16-6-8-20-9-7-16/h4-5,10H,6-9H2,1-3H3. The zero-order chi connectivity index (χ0) is 15.6. The van der Waals surface area contributed by atoms with Gasteiger partial charge in [-0.2, -0.15) is 4.31 Å². The summed E-state index contributed by atoms with van der Waals surface area (Å²) < 4.78 is 32.2. The maximum absolute atomic E-state index is 12.8. The molecule has 1 aliphatic rings. The molecule has 6 nitrogen and oxygen atoms in total. The van der Waals surface area contributed by atoms with E-state index in [-0.39, 0.29) is 10.7 Å². The maximum atomic E-state index is 12.8. The van der Waals surface area contributed by atoms with Crippen LogP contribution in [-0.4, -0.2) is 58.9 Å². The number of ether oxygens (including phenoxy) is 1. The SMILES string of the molecule is CC(=O)c1ccc(N(C)C)c(S(=O)(=O)N2CCOCC2)c1. The molecule has 0 unspecified atom stereocenters. The Morgan fingerprint density at radius 3 is 2.38 bits per heavy atom. The van der Waals surface area contributed by atoms with Gasteiger partial charge in [0.25, 0.3) is 0 Å². The highest BCUT2D eigenvalue weighted by molar-refractivity contribution is 7.89. The molecule has 0 atom stereocenters. The Hall–Kier alpha value is -1.44. The van der Waals surface area contributed by atoms with E-state index in [1.807, 2.05) is 0 Å². The van der Waals surface area contributed by atoms with E-state index in [2.05, 4.69) is 0 Å². The van der Waals surface area contributed by atoms with Crippen molar-refractivity contribution >= 4 is 21.5 Å². The van der Waals surface area contributed by atoms with Crippen molar-refractivity contribution in [1.29, 1.82) is 0 Å². The van der Waals surface area contributed by atoms with Gasteiger partial charge < -0.3 is 9.64 Å². The molecule has 1 fully saturated rings. The fourth-order valence-corrected chi connectivity index (χ4v) is 3.93. The van der Waals surface area contributed by atoms with E-state index in [1.165, 1.54) is 17.3 Å². The number of sulfonamides is 1. The molecule has 7 heteroatoms. The Morgan fingerprint density at radius 2 is 1.86 bits per heavy atom. The van der Waals surface area contributed by atoms with Crippen LogP contribution < -0.4 is 4.90 Å². The summed E-state index contributed by atoms with van der Waals surface area (Å²) in [7, 11) is -0.0765. The van der Waals surface area contributed by atoms with Gasteiger partial charge in [0.15, 0.2) is 5.78 Å². The number of morpholine rings is 1. The van der Waals surface area contributed by atoms with Crippen molar-refractivity contribution in [2.24, 2.45) is 0 Å². The van der Waals surface area contributed by atoms with E-state index in [0.717, 1.165) is 0 Å². The molecule has 2 rings (SSSR count). The topological polar surface area (TPSA) is 66.9 Å². The number of hydrogen-bond donors (Lipinski definition) is 0. The number of anilines is 1. The monoisotopic (exact) mass is 312 g/mol. The van der Waals surface area contributed by atoms with Crippen molar-refractivity contribution in [1.82, 2.24) is 4.31 Å². The minimum atomic E-state index is -3.63. The Morgan fingerprint density at radius 1 is 1.24 bits per heavy atom. The van der Waals surface area contributed by atoms with Crippen LogP contribution in [0, 0.1) is 0 Å². The average Bonchev–Trinajstić information content (AvgIpc) is 2.47. The van der Waals surface area contributed by atoms with Crippen molar-refractivity contribution in [2.75, 3.05) is 45.3 Å². The second-order valence-corrected chi connectivity index (χ2v) is 7.06. The maximum Gasteiger partial charge on any atom is 0.245 e. The number of hydrogen-bond acceptors (Lipinski definition) is 5. The third-order valence-electron chi connectivity index (χ3n) is 3.44. The first-order chi connectivity index (χ1) is 9.84. The highest BCUT2D eigenvalue weighted by Crippen LogP contribution is 2.28. The molecule has 0 radical (unpaired) electrons. The molecule has 0 saturated carbocycles. The van der Waals surface area contributed by atoms with E-state index in [0.29, 0.717) is 37.6 Å². The van der Waals surface area contributed by atoms with Crippen LogP contribution in [0.15, 0.2) is 23.1 Å². The number of Topliss-reactive ketones (excluding diaryl/α,β-unsaturated/α-hetero) is 1. The molecule has 116 valence electrons. The predicted molar refractivity (Wildman–Crippen MR) is 80.4 cm³/mol. The molecule has 1 saturated heterocycles. The second kappa shape index (κ2) is 6.13. The largest absolute Gasteiger partial charge is 0.379 e. The molecule has 0 N–H and O–H groups in total. The third-order valence-corrected chi connectivity index (χ3v) is 5.36. The van der Waals surface area contributed by atoms with Gasteiger partial charge >= 0.3 is 0 Å². The number of rotatable bonds is 4. The normalized spacial score (nSPS) is 16.7. The van der Waals surface area contributed by atoms with Gasteiger partial charge in [0.1, 0.15) is 4.90 Å². The van der Waals surface area contributed by atoms with E-state index in [4.69, 9.17) is 4.74 Å². The molecular formula is C14H20N2O4S. The third kappa shape index (κ3) is 3.25. The van der Waals surface area contributed by atoms with E-state index < -0.39 is 10.0 Å². The van der Waals surface area contributed by atoms with Gasteiger partial charge in [0, 0.05) is 32.7 Å². The molecule has 0 aliphatic carbocycles. The molecule has 1 aliphatic heterocycles. The lowest BCUT2D eigenvalue weighted by atomic mass is 10.1. The van der Waals surface area contributed by atoms with Crippen LogP contribution >= 0.6 is 0 Å². The van der Waals surface area contributed by atoms with Crippen molar-refractivity contribution in [3.8, 4) is 0 Å². The van der Waals surface area contributed by atoms with Crippen LogP contribution in [-0.2, 0) is 14.8 Å². The van der Waals surface area contributed by atoms with Crippen LogP contribution in [0.2, 0.25) is 0 Å². The van der Waals surface area contributed by atoms with E-state index >= 15 is 0 Å². The summed E-state index contributed by atoms with van der Waals surface area (Å²) in [4.78, 5) is 13.4. The van der Waals surface area contributed by atoms with Crippen molar-refractivity contribution < 1.29 is 17.9 Å². The van der Waals surface area contributed by atoms with Gasteiger partial charge in [-0.25, -0.2) is 8.42 Å². The number of carbonyl (C=O) groups excluding carboxylic acids is 1. The molecule has 0 amide bonds. The van der Waals surface area contributed by atoms with Gasteiger partial charge in [-0.3, -0.25) is 4.79 Å². The lowest BCUT2D eigenvalue weighted by Crippen LogP contribution is -2.41. The average molecular weight is 312 g/mol. The molecule has 1 aromatic carbocycles. The number of nitrogens with zero attached hydrogens (tertiary/aromatic N) is 2. The lowest BCUT2D eigenvalue weighted by Gasteiger charge is -2.28. The fourth-order valence-electron chi connectivity index (χ4n) is 2.24. The summed E-state index contributed by atoms with van der Waals surface area (Å²) in [5, 5.41) is 0. The zero-order valence-corrected chi connectivity index (χ0v) is 13.3. The molecule has 0 bridgehead atoms. The summed E-state index contributed by atoms with van der Waals surface area (Å²) >= 11 is 0. The van der Waals surface area contributed by atoms with Crippen LogP contribution in [0.1, 0.15) is 17.3 Å². The lowest BCUT2D eigenvalue weighted by molar-refractivity contribution is 0.0730. The summed E-state index contributed by atoms with van der Waals surface area (Å²) in [6.07, 6.45) is 0. The number of benzene rings is 1. The second-order valence-electron chi connectivity index (χ2n) is 5.15. The van der Waals surface area contributed by atoms with Gasteiger partial charge in [0.2, 0.25) is 10.0 Å². The molecule has 0 spiro atoms. The highest BCUT2D eigenvalue weighted by atomic mass is 32.2. The molecule has 21 heavy (non-hydrogen) atoms. The van der Waals surface area contributed by atoms with Crippen molar-refractivity contribution in [3.63, 3.8) is 0 Å². The van der Waals surface area contributed by atoms with Gasteiger partial charge in [-0.1, -0.05) is 0 Å². The van der Waals surface area contributed by atoms with Crippen LogP contribution in [0.3, 0.4) is 0 Å². The van der Waals surface area contributed by atoms with E-state index in [9.17, 15) is 13.2 Å². The molecule has 1 aromatic rings.